The molecule has 1 saturated carbocycles. The molecular weight excluding hydrogens is 344 g/mol. The second-order valence-corrected chi connectivity index (χ2v) is 6.62. The number of nitrogens with zero attached hydrogens (tertiary/aromatic N) is 1. The molecule has 0 atom stereocenters. The SMILES string of the molecule is O=C1CN(c2ccc(Cl)cc2Br)C(=O)C2(CCCC2)N1. The molecule has 3 rings (SSSR count). The fraction of sp³-hybridized carbons (Fsp3) is 0.429. The van der Waals surface area contributed by atoms with Crippen molar-refractivity contribution in [2.75, 3.05) is 11.4 Å². The zero-order valence-electron chi connectivity index (χ0n) is 10.8. The molecule has 106 valence electrons. The molecule has 0 radical (unpaired) electrons. The van der Waals surface area contributed by atoms with E-state index < -0.39 is 5.54 Å². The highest BCUT2D eigenvalue weighted by atomic mass is 79.9. The van der Waals surface area contributed by atoms with E-state index >= 15 is 0 Å². The van der Waals surface area contributed by atoms with E-state index in [1.165, 1.54) is 0 Å². The minimum atomic E-state index is -0.700. The van der Waals surface area contributed by atoms with Gasteiger partial charge in [-0.25, -0.2) is 0 Å². The van der Waals surface area contributed by atoms with Crippen LogP contribution in [0.25, 0.3) is 0 Å². The summed E-state index contributed by atoms with van der Waals surface area (Å²) >= 11 is 9.35. The van der Waals surface area contributed by atoms with Gasteiger partial charge in [0.2, 0.25) is 5.91 Å². The Balaban J connectivity index is 1.99. The number of hydrogen-bond acceptors (Lipinski definition) is 2. The number of rotatable bonds is 1. The fourth-order valence-corrected chi connectivity index (χ4v) is 3.94. The first kappa shape index (κ1) is 13.9. The molecule has 2 aliphatic rings. The van der Waals surface area contributed by atoms with Gasteiger partial charge in [-0.15, -0.1) is 0 Å². The van der Waals surface area contributed by atoms with Crippen molar-refractivity contribution < 1.29 is 9.59 Å². The second-order valence-electron chi connectivity index (χ2n) is 5.32. The van der Waals surface area contributed by atoms with Crippen LogP contribution in [-0.4, -0.2) is 23.9 Å². The van der Waals surface area contributed by atoms with E-state index in [-0.39, 0.29) is 18.4 Å². The number of nitrogens with one attached hydrogen (secondary N) is 1. The van der Waals surface area contributed by atoms with E-state index in [0.29, 0.717) is 10.7 Å². The van der Waals surface area contributed by atoms with Crippen LogP contribution in [0.4, 0.5) is 5.69 Å². The molecule has 1 aliphatic carbocycles. The number of amides is 2. The van der Waals surface area contributed by atoms with E-state index in [2.05, 4.69) is 21.2 Å². The Labute approximate surface area is 130 Å². The quantitative estimate of drug-likeness (QED) is 0.840. The first-order valence-electron chi connectivity index (χ1n) is 6.60. The molecule has 0 aromatic heterocycles. The van der Waals surface area contributed by atoms with Crippen LogP contribution in [0.1, 0.15) is 25.7 Å². The van der Waals surface area contributed by atoms with Crippen molar-refractivity contribution in [1.82, 2.24) is 5.32 Å². The summed E-state index contributed by atoms with van der Waals surface area (Å²) in [5.41, 5.74) is -0.00506. The summed E-state index contributed by atoms with van der Waals surface area (Å²) in [4.78, 5) is 26.3. The lowest BCUT2D eigenvalue weighted by atomic mass is 9.92. The Kier molecular flexibility index (Phi) is 3.50. The van der Waals surface area contributed by atoms with Crippen LogP contribution in [-0.2, 0) is 9.59 Å². The van der Waals surface area contributed by atoms with Crippen LogP contribution in [0.5, 0.6) is 0 Å². The van der Waals surface area contributed by atoms with Gasteiger partial charge in [0.25, 0.3) is 5.91 Å². The summed E-state index contributed by atoms with van der Waals surface area (Å²) in [5, 5.41) is 3.49. The standard InChI is InChI=1S/C14H14BrClN2O2/c15-10-7-9(16)3-4-11(10)18-8-12(19)17-14(13(18)20)5-1-2-6-14/h3-4,7H,1-2,5-6,8H2,(H,17,19). The first-order chi connectivity index (χ1) is 9.52. The van der Waals surface area contributed by atoms with Gasteiger partial charge < -0.3 is 5.32 Å². The molecule has 6 heteroatoms. The normalized spacial score (nSPS) is 21.4. The van der Waals surface area contributed by atoms with Gasteiger partial charge in [-0.1, -0.05) is 24.4 Å². The van der Waals surface area contributed by atoms with Gasteiger partial charge in [0.05, 0.1) is 5.69 Å². The molecule has 4 nitrogen and oxygen atoms in total. The highest BCUT2D eigenvalue weighted by Crippen LogP contribution is 2.37. The third-order valence-electron chi connectivity index (χ3n) is 3.99. The number of anilines is 1. The Bertz CT molecular complexity index is 585. The van der Waals surface area contributed by atoms with Crippen LogP contribution < -0.4 is 10.2 Å². The number of hydrogen-bond donors (Lipinski definition) is 1. The van der Waals surface area contributed by atoms with Gasteiger partial charge in [-0.3, -0.25) is 14.5 Å². The lowest BCUT2D eigenvalue weighted by Gasteiger charge is -2.40. The van der Waals surface area contributed by atoms with Crippen molar-refractivity contribution >= 4 is 45.0 Å². The van der Waals surface area contributed by atoms with E-state index in [1.54, 1.807) is 23.1 Å². The highest BCUT2D eigenvalue weighted by Gasteiger charge is 2.48. The van der Waals surface area contributed by atoms with Crippen LogP contribution in [0, 0.1) is 0 Å². The predicted octanol–water partition coefficient (Wildman–Crippen LogP) is 2.88. The fourth-order valence-electron chi connectivity index (χ4n) is 3.05. The van der Waals surface area contributed by atoms with Gasteiger partial charge in [0.1, 0.15) is 12.1 Å². The first-order valence-corrected chi connectivity index (χ1v) is 7.77. The van der Waals surface area contributed by atoms with E-state index in [0.717, 1.165) is 30.2 Å². The van der Waals surface area contributed by atoms with Gasteiger partial charge >= 0.3 is 0 Å². The number of piperazine rings is 1. The van der Waals surface area contributed by atoms with Crippen molar-refractivity contribution in [2.24, 2.45) is 0 Å². The lowest BCUT2D eigenvalue weighted by molar-refractivity contribution is -0.135. The monoisotopic (exact) mass is 356 g/mol. The number of carbonyl (C=O) groups excluding carboxylic acids is 2. The molecule has 1 aromatic carbocycles. The molecule has 2 fully saturated rings. The van der Waals surface area contributed by atoms with Crippen LogP contribution in [0.15, 0.2) is 22.7 Å². The Morgan fingerprint density at radius 3 is 2.60 bits per heavy atom. The molecule has 1 saturated heterocycles. The minimum Gasteiger partial charge on any atom is -0.340 e. The predicted molar refractivity (Wildman–Crippen MR) is 80.8 cm³/mol. The summed E-state index contributed by atoms with van der Waals surface area (Å²) < 4.78 is 0.723. The summed E-state index contributed by atoms with van der Waals surface area (Å²) in [6.07, 6.45) is 3.39. The van der Waals surface area contributed by atoms with Gasteiger partial charge in [0.15, 0.2) is 0 Å². The Hall–Kier alpha value is -1.07. The Morgan fingerprint density at radius 2 is 1.95 bits per heavy atom. The smallest absolute Gasteiger partial charge is 0.253 e. The molecule has 1 heterocycles. The van der Waals surface area contributed by atoms with Crippen molar-refractivity contribution in [3.05, 3.63) is 27.7 Å². The zero-order valence-corrected chi connectivity index (χ0v) is 13.1. The van der Waals surface area contributed by atoms with E-state index in [4.69, 9.17) is 11.6 Å². The maximum Gasteiger partial charge on any atom is 0.253 e. The number of benzene rings is 1. The number of carbonyl (C=O) groups is 2. The van der Waals surface area contributed by atoms with Gasteiger partial charge in [-0.2, -0.15) is 0 Å². The summed E-state index contributed by atoms with van der Waals surface area (Å²) in [5.74, 6) is -0.119. The third kappa shape index (κ3) is 2.23. The number of halogens is 2. The lowest BCUT2D eigenvalue weighted by Crippen LogP contribution is -2.65. The maximum atomic E-state index is 12.8. The topological polar surface area (TPSA) is 49.4 Å². The maximum absolute atomic E-state index is 12.8. The van der Waals surface area contributed by atoms with Crippen molar-refractivity contribution in [2.45, 2.75) is 31.2 Å². The molecule has 0 unspecified atom stereocenters. The van der Waals surface area contributed by atoms with Crippen molar-refractivity contribution in [3.63, 3.8) is 0 Å². The van der Waals surface area contributed by atoms with E-state index in [9.17, 15) is 9.59 Å². The minimum absolute atomic E-state index is 0.0161. The summed E-state index contributed by atoms with van der Waals surface area (Å²) in [6.45, 7) is 0.0564. The average molecular weight is 358 g/mol. The van der Waals surface area contributed by atoms with Crippen LogP contribution >= 0.6 is 27.5 Å². The largest absolute Gasteiger partial charge is 0.340 e. The zero-order chi connectivity index (χ0) is 14.3. The van der Waals surface area contributed by atoms with Gasteiger partial charge in [-0.05, 0) is 47.0 Å². The highest BCUT2D eigenvalue weighted by molar-refractivity contribution is 9.10. The van der Waals surface area contributed by atoms with Crippen LogP contribution in [0.3, 0.4) is 0 Å². The molecule has 20 heavy (non-hydrogen) atoms. The molecule has 1 N–H and O–H groups in total. The average Bonchev–Trinajstić information content (AvgIpc) is 2.84. The Morgan fingerprint density at radius 1 is 1.25 bits per heavy atom. The molecular formula is C14H14BrClN2O2. The third-order valence-corrected chi connectivity index (χ3v) is 4.86. The van der Waals surface area contributed by atoms with Crippen LogP contribution in [0.2, 0.25) is 5.02 Å². The molecule has 1 aliphatic heterocycles. The molecule has 1 spiro atoms. The van der Waals surface area contributed by atoms with Gasteiger partial charge in [0, 0.05) is 9.50 Å². The summed E-state index contributed by atoms with van der Waals surface area (Å²) in [6, 6.07) is 5.23. The molecule has 2 amide bonds. The van der Waals surface area contributed by atoms with E-state index in [1.807, 2.05) is 0 Å². The van der Waals surface area contributed by atoms with Crippen molar-refractivity contribution in [3.8, 4) is 0 Å². The molecule has 1 aromatic rings. The second kappa shape index (κ2) is 5.04. The summed E-state index contributed by atoms with van der Waals surface area (Å²) in [7, 11) is 0. The molecule has 0 bridgehead atoms. The van der Waals surface area contributed by atoms with Crippen molar-refractivity contribution in [1.29, 1.82) is 0 Å².